The van der Waals surface area contributed by atoms with Gasteiger partial charge in [-0.15, -0.1) is 6.58 Å². The molecule has 0 N–H and O–H groups in total. The van der Waals surface area contributed by atoms with Crippen molar-refractivity contribution in [3.8, 4) is 0 Å². The lowest BCUT2D eigenvalue weighted by Gasteiger charge is -2.30. The quantitative estimate of drug-likeness (QED) is 0.461. The summed E-state index contributed by atoms with van der Waals surface area (Å²) >= 11 is 0. The predicted molar refractivity (Wildman–Crippen MR) is 58.5 cm³/mol. The van der Waals surface area contributed by atoms with E-state index in [-0.39, 0.29) is 5.60 Å². The lowest BCUT2D eigenvalue weighted by atomic mass is 9.94. The molecule has 0 aromatic heterocycles. The number of rotatable bonds is 5. The summed E-state index contributed by atoms with van der Waals surface area (Å²) in [4.78, 5) is 0. The fourth-order valence-electron chi connectivity index (χ4n) is 0.993. The second-order valence-electron chi connectivity index (χ2n) is 3.51. The fourth-order valence-corrected chi connectivity index (χ4v) is 0.993. The molecular weight excluding hydrogens is 160 g/mol. The molecule has 0 aromatic rings. The Kier molecular flexibility index (Phi) is 4.53. The van der Waals surface area contributed by atoms with E-state index in [1.54, 1.807) is 0 Å². The van der Waals surface area contributed by atoms with Crippen LogP contribution >= 0.6 is 0 Å². The second-order valence-corrected chi connectivity index (χ2v) is 3.51. The van der Waals surface area contributed by atoms with E-state index in [0.29, 0.717) is 0 Å². The highest BCUT2D eigenvalue weighted by Crippen LogP contribution is 2.26. The number of ether oxygens (including phenoxy) is 1. The van der Waals surface area contributed by atoms with Crippen LogP contribution in [0.15, 0.2) is 36.6 Å². The highest BCUT2D eigenvalue weighted by Gasteiger charge is 2.25. The van der Waals surface area contributed by atoms with Gasteiger partial charge in [-0.1, -0.05) is 12.7 Å². The van der Waals surface area contributed by atoms with Gasteiger partial charge in [-0.05, 0) is 39.3 Å². The zero-order chi connectivity index (χ0) is 10.5. The van der Waals surface area contributed by atoms with Crippen LogP contribution in [0.5, 0.6) is 0 Å². The average Bonchev–Trinajstić information content (AvgIpc) is 2.04. The van der Waals surface area contributed by atoms with Crippen molar-refractivity contribution in [2.24, 2.45) is 0 Å². The van der Waals surface area contributed by atoms with Crippen molar-refractivity contribution in [3.63, 3.8) is 0 Å². The maximum absolute atomic E-state index is 5.78. The molecule has 1 heteroatoms. The monoisotopic (exact) mass is 180 g/mol. The van der Waals surface area contributed by atoms with E-state index in [2.05, 4.69) is 13.2 Å². The third-order valence-corrected chi connectivity index (χ3v) is 2.23. The molecular formula is C12H20O. The van der Waals surface area contributed by atoms with E-state index in [9.17, 15) is 0 Å². The lowest BCUT2D eigenvalue weighted by molar-refractivity contribution is 0.0547. The molecule has 0 aromatic carbocycles. The summed E-state index contributed by atoms with van der Waals surface area (Å²) in [5.74, 6) is 0.923. The van der Waals surface area contributed by atoms with Crippen molar-refractivity contribution in [1.29, 1.82) is 0 Å². The highest BCUT2D eigenvalue weighted by atomic mass is 16.5. The van der Waals surface area contributed by atoms with Gasteiger partial charge in [0.15, 0.2) is 0 Å². The maximum Gasteiger partial charge on any atom is 0.130 e. The SMILES string of the molecule is C=CCC(C)(OC(C)=CC)C(=C)C. The topological polar surface area (TPSA) is 9.23 Å². The lowest BCUT2D eigenvalue weighted by Crippen LogP contribution is -2.28. The molecule has 0 aliphatic carbocycles. The molecule has 0 amide bonds. The van der Waals surface area contributed by atoms with Crippen molar-refractivity contribution in [2.45, 2.75) is 39.7 Å². The molecule has 0 fully saturated rings. The van der Waals surface area contributed by atoms with E-state index < -0.39 is 0 Å². The molecule has 74 valence electrons. The van der Waals surface area contributed by atoms with Gasteiger partial charge in [0.1, 0.15) is 5.60 Å². The third-order valence-electron chi connectivity index (χ3n) is 2.23. The highest BCUT2D eigenvalue weighted by molar-refractivity contribution is 5.12. The minimum Gasteiger partial charge on any atom is -0.488 e. The van der Waals surface area contributed by atoms with Crippen LogP contribution in [-0.2, 0) is 4.74 Å². The number of hydrogen-bond acceptors (Lipinski definition) is 1. The van der Waals surface area contributed by atoms with Gasteiger partial charge in [0, 0.05) is 6.42 Å². The molecule has 0 aliphatic rings. The minimum atomic E-state index is -0.307. The van der Waals surface area contributed by atoms with Gasteiger partial charge >= 0.3 is 0 Å². The Bertz CT molecular complexity index is 225. The summed E-state index contributed by atoms with van der Waals surface area (Å²) in [6, 6.07) is 0. The molecule has 0 saturated carbocycles. The molecule has 13 heavy (non-hydrogen) atoms. The van der Waals surface area contributed by atoms with Crippen LogP contribution in [0.3, 0.4) is 0 Å². The van der Waals surface area contributed by atoms with Gasteiger partial charge in [-0.2, -0.15) is 0 Å². The molecule has 0 aliphatic heterocycles. The first-order chi connectivity index (χ1) is 5.96. The first-order valence-electron chi connectivity index (χ1n) is 4.55. The molecule has 1 atom stereocenters. The smallest absolute Gasteiger partial charge is 0.130 e. The summed E-state index contributed by atoms with van der Waals surface area (Å²) in [7, 11) is 0. The van der Waals surface area contributed by atoms with Gasteiger partial charge < -0.3 is 4.74 Å². The normalized spacial score (nSPS) is 16.2. The van der Waals surface area contributed by atoms with Gasteiger partial charge in [0.2, 0.25) is 0 Å². The van der Waals surface area contributed by atoms with E-state index in [1.165, 1.54) is 0 Å². The summed E-state index contributed by atoms with van der Waals surface area (Å²) in [6.07, 6.45) is 4.59. The summed E-state index contributed by atoms with van der Waals surface area (Å²) in [5, 5.41) is 0. The summed E-state index contributed by atoms with van der Waals surface area (Å²) in [5.41, 5.74) is 0.715. The van der Waals surface area contributed by atoms with Crippen LogP contribution in [0.1, 0.15) is 34.1 Å². The van der Waals surface area contributed by atoms with Crippen LogP contribution in [0.4, 0.5) is 0 Å². The van der Waals surface area contributed by atoms with Crippen LogP contribution < -0.4 is 0 Å². The molecule has 0 saturated heterocycles. The molecule has 0 heterocycles. The Morgan fingerprint density at radius 3 is 2.31 bits per heavy atom. The summed E-state index contributed by atoms with van der Waals surface area (Å²) < 4.78 is 5.78. The van der Waals surface area contributed by atoms with Crippen molar-refractivity contribution >= 4 is 0 Å². The Labute approximate surface area is 81.8 Å². The van der Waals surface area contributed by atoms with Crippen molar-refractivity contribution in [2.75, 3.05) is 0 Å². The van der Waals surface area contributed by atoms with E-state index in [0.717, 1.165) is 17.8 Å². The maximum atomic E-state index is 5.78. The largest absolute Gasteiger partial charge is 0.488 e. The van der Waals surface area contributed by atoms with Crippen molar-refractivity contribution < 1.29 is 4.74 Å². The van der Waals surface area contributed by atoms with E-state index >= 15 is 0 Å². The molecule has 0 rings (SSSR count). The Balaban J connectivity index is 4.59. The van der Waals surface area contributed by atoms with Crippen LogP contribution in [0.2, 0.25) is 0 Å². The first kappa shape index (κ1) is 12.0. The van der Waals surface area contributed by atoms with Gasteiger partial charge in [-0.3, -0.25) is 0 Å². The predicted octanol–water partition coefficient (Wildman–Crippen LogP) is 3.84. The van der Waals surface area contributed by atoms with Crippen LogP contribution in [-0.4, -0.2) is 5.60 Å². The van der Waals surface area contributed by atoms with E-state index in [1.807, 2.05) is 39.8 Å². The van der Waals surface area contributed by atoms with Gasteiger partial charge in [-0.25, -0.2) is 0 Å². The van der Waals surface area contributed by atoms with E-state index in [4.69, 9.17) is 4.74 Å². The zero-order valence-electron chi connectivity index (χ0n) is 9.18. The third kappa shape index (κ3) is 3.49. The molecule has 0 spiro atoms. The van der Waals surface area contributed by atoms with Crippen LogP contribution in [0, 0.1) is 0 Å². The molecule has 1 nitrogen and oxygen atoms in total. The van der Waals surface area contributed by atoms with Gasteiger partial charge in [0.05, 0.1) is 5.76 Å². The number of allylic oxidation sites excluding steroid dienone is 2. The fraction of sp³-hybridized carbons (Fsp3) is 0.500. The standard InChI is InChI=1S/C12H20O/c1-7-9-12(6,10(3)4)13-11(5)8-2/h7-8H,1,3,9H2,2,4-6H3. The van der Waals surface area contributed by atoms with Gasteiger partial charge in [0.25, 0.3) is 0 Å². The summed E-state index contributed by atoms with van der Waals surface area (Å²) in [6.45, 7) is 15.6. The minimum absolute atomic E-state index is 0.307. The first-order valence-corrected chi connectivity index (χ1v) is 4.55. The van der Waals surface area contributed by atoms with Crippen LogP contribution in [0.25, 0.3) is 0 Å². The number of hydrogen-bond donors (Lipinski definition) is 0. The Hall–Kier alpha value is -0.980. The molecule has 0 radical (unpaired) electrons. The zero-order valence-corrected chi connectivity index (χ0v) is 9.18. The Morgan fingerprint density at radius 1 is 1.46 bits per heavy atom. The average molecular weight is 180 g/mol. The van der Waals surface area contributed by atoms with Crippen molar-refractivity contribution in [1.82, 2.24) is 0 Å². The Morgan fingerprint density at radius 2 is 2.00 bits per heavy atom. The molecule has 1 unspecified atom stereocenters. The molecule has 0 bridgehead atoms. The second kappa shape index (κ2) is 4.90. The van der Waals surface area contributed by atoms with Crippen molar-refractivity contribution in [3.05, 3.63) is 36.6 Å².